The summed E-state index contributed by atoms with van der Waals surface area (Å²) in [6.45, 7) is 7.04. The van der Waals surface area contributed by atoms with E-state index in [4.69, 9.17) is 5.11 Å². The van der Waals surface area contributed by atoms with Gasteiger partial charge in [-0.15, -0.1) is 5.73 Å². The summed E-state index contributed by atoms with van der Waals surface area (Å²) in [7, 11) is 0. The highest BCUT2D eigenvalue weighted by atomic mass is 16.4. The van der Waals surface area contributed by atoms with E-state index >= 15 is 0 Å². The molecule has 0 aliphatic carbocycles. The van der Waals surface area contributed by atoms with Gasteiger partial charge in [-0.2, -0.15) is 0 Å². The number of hydrogen-bond acceptors (Lipinski definition) is 1. The van der Waals surface area contributed by atoms with Crippen molar-refractivity contribution in [3.63, 3.8) is 0 Å². The number of hydrogen-bond donors (Lipinski definition) is 1. The van der Waals surface area contributed by atoms with Crippen molar-refractivity contribution in [1.29, 1.82) is 0 Å². The van der Waals surface area contributed by atoms with E-state index in [1.54, 1.807) is 6.08 Å². The smallest absolute Gasteiger partial charge is 0.304 e. The van der Waals surface area contributed by atoms with Crippen molar-refractivity contribution in [2.75, 3.05) is 0 Å². The van der Waals surface area contributed by atoms with Crippen molar-refractivity contribution in [3.05, 3.63) is 18.4 Å². The largest absolute Gasteiger partial charge is 0.481 e. The fourth-order valence-electron chi connectivity index (χ4n) is 0.717. The zero-order valence-electron chi connectivity index (χ0n) is 6.35. The van der Waals surface area contributed by atoms with Crippen molar-refractivity contribution in [3.8, 4) is 0 Å². The Bertz CT molecular complexity index is 174. The topological polar surface area (TPSA) is 37.3 Å². The molecule has 0 fully saturated rings. The Morgan fingerprint density at radius 3 is 2.60 bits per heavy atom. The molecule has 0 aromatic heterocycles. The maximum atomic E-state index is 10.2. The van der Waals surface area contributed by atoms with E-state index in [9.17, 15) is 4.79 Å². The van der Waals surface area contributed by atoms with Crippen LogP contribution in [0.15, 0.2) is 18.4 Å². The van der Waals surface area contributed by atoms with Crippen molar-refractivity contribution in [2.24, 2.45) is 5.41 Å². The summed E-state index contributed by atoms with van der Waals surface area (Å²) < 4.78 is 0. The minimum absolute atomic E-state index is 0.121. The fourth-order valence-corrected chi connectivity index (χ4v) is 0.717. The van der Waals surface area contributed by atoms with E-state index in [2.05, 4.69) is 12.3 Å². The highest BCUT2D eigenvalue weighted by molar-refractivity contribution is 5.67. The highest BCUT2D eigenvalue weighted by Gasteiger charge is 2.17. The molecule has 0 aromatic carbocycles. The first-order chi connectivity index (χ1) is 4.48. The van der Waals surface area contributed by atoms with Gasteiger partial charge in [-0.25, -0.2) is 0 Å². The molecule has 2 nitrogen and oxygen atoms in total. The Morgan fingerprint density at radius 1 is 1.80 bits per heavy atom. The van der Waals surface area contributed by atoms with E-state index in [0.717, 1.165) is 0 Å². The molecule has 0 rings (SSSR count). The molecule has 10 heavy (non-hydrogen) atoms. The minimum atomic E-state index is -0.795. The lowest BCUT2D eigenvalue weighted by Gasteiger charge is -2.14. The molecule has 0 bridgehead atoms. The molecular formula is C8H12O2. The second-order valence-corrected chi connectivity index (χ2v) is 2.91. The van der Waals surface area contributed by atoms with Gasteiger partial charge in [-0.1, -0.05) is 20.4 Å². The normalized spacial score (nSPS) is 10.2. The van der Waals surface area contributed by atoms with Crippen molar-refractivity contribution < 1.29 is 9.90 Å². The molecular weight excluding hydrogens is 128 g/mol. The molecule has 0 aliphatic rings. The number of carbonyl (C=O) groups is 1. The van der Waals surface area contributed by atoms with Crippen LogP contribution in [0, 0.1) is 5.41 Å². The number of allylic oxidation sites excluding steroid dienone is 1. The molecule has 56 valence electrons. The summed E-state index contributed by atoms with van der Waals surface area (Å²) in [6.07, 6.45) is 1.79. The second-order valence-electron chi connectivity index (χ2n) is 2.91. The molecule has 0 radical (unpaired) electrons. The average molecular weight is 140 g/mol. The lowest BCUT2D eigenvalue weighted by Crippen LogP contribution is -2.13. The van der Waals surface area contributed by atoms with Crippen LogP contribution in [0.4, 0.5) is 0 Å². The SMILES string of the molecule is C=C=CC(C)(C)CC(=O)O. The molecule has 0 saturated carbocycles. The van der Waals surface area contributed by atoms with E-state index in [1.165, 1.54) is 0 Å². The van der Waals surface area contributed by atoms with Crippen molar-refractivity contribution in [2.45, 2.75) is 20.3 Å². The third-order valence-electron chi connectivity index (χ3n) is 1.10. The first kappa shape index (κ1) is 8.99. The maximum absolute atomic E-state index is 10.2. The molecule has 0 aromatic rings. The van der Waals surface area contributed by atoms with Gasteiger partial charge in [0.05, 0.1) is 6.42 Å². The van der Waals surface area contributed by atoms with Gasteiger partial charge in [-0.05, 0) is 6.08 Å². The molecule has 0 spiro atoms. The van der Waals surface area contributed by atoms with Crippen LogP contribution in [0.3, 0.4) is 0 Å². The van der Waals surface area contributed by atoms with Crippen LogP contribution in [0.25, 0.3) is 0 Å². The van der Waals surface area contributed by atoms with Gasteiger partial charge in [0.1, 0.15) is 0 Å². The first-order valence-electron chi connectivity index (χ1n) is 3.07. The summed E-state index contributed by atoms with van der Waals surface area (Å²) >= 11 is 0. The van der Waals surface area contributed by atoms with E-state index in [-0.39, 0.29) is 11.8 Å². The number of carboxylic acid groups (broad SMARTS) is 1. The zero-order chi connectivity index (χ0) is 8.20. The third-order valence-corrected chi connectivity index (χ3v) is 1.10. The van der Waals surface area contributed by atoms with Crippen LogP contribution in [0.5, 0.6) is 0 Å². The summed E-state index contributed by atoms with van der Waals surface area (Å²) in [5, 5.41) is 8.41. The Hall–Kier alpha value is -1.01. The molecule has 0 unspecified atom stereocenters. The van der Waals surface area contributed by atoms with E-state index in [1.807, 2.05) is 13.8 Å². The van der Waals surface area contributed by atoms with E-state index < -0.39 is 5.97 Å². The number of aliphatic carboxylic acids is 1. The molecule has 0 heterocycles. The Labute approximate surface area is 60.9 Å². The van der Waals surface area contributed by atoms with Crippen LogP contribution in [-0.4, -0.2) is 11.1 Å². The van der Waals surface area contributed by atoms with E-state index in [0.29, 0.717) is 0 Å². The Kier molecular flexibility index (Phi) is 2.91. The predicted octanol–water partition coefficient (Wildman–Crippen LogP) is 1.83. The molecule has 0 aliphatic heterocycles. The summed E-state index contributed by atoms with van der Waals surface area (Å²) in [6, 6.07) is 0. The van der Waals surface area contributed by atoms with Gasteiger partial charge in [0.2, 0.25) is 0 Å². The predicted molar refractivity (Wildman–Crippen MR) is 39.7 cm³/mol. The molecule has 0 saturated heterocycles. The summed E-state index contributed by atoms with van der Waals surface area (Å²) in [4.78, 5) is 10.2. The first-order valence-corrected chi connectivity index (χ1v) is 3.07. The van der Waals surface area contributed by atoms with Gasteiger partial charge in [0, 0.05) is 5.41 Å². The van der Waals surface area contributed by atoms with Crippen LogP contribution >= 0.6 is 0 Å². The van der Waals surface area contributed by atoms with Gasteiger partial charge >= 0.3 is 5.97 Å². The number of rotatable bonds is 3. The lowest BCUT2D eigenvalue weighted by molar-refractivity contribution is -0.138. The maximum Gasteiger partial charge on any atom is 0.304 e. The third kappa shape index (κ3) is 3.93. The van der Waals surface area contributed by atoms with Crippen LogP contribution in [0.2, 0.25) is 0 Å². The zero-order valence-corrected chi connectivity index (χ0v) is 6.35. The van der Waals surface area contributed by atoms with Gasteiger partial charge in [0.25, 0.3) is 0 Å². The van der Waals surface area contributed by atoms with Crippen LogP contribution in [-0.2, 0) is 4.79 Å². The Morgan fingerprint density at radius 2 is 2.30 bits per heavy atom. The quantitative estimate of drug-likeness (QED) is 0.607. The monoisotopic (exact) mass is 140 g/mol. The average Bonchev–Trinajstić information content (AvgIpc) is 1.59. The highest BCUT2D eigenvalue weighted by Crippen LogP contribution is 2.20. The summed E-state index contributed by atoms with van der Waals surface area (Å²) in [5.41, 5.74) is 2.25. The van der Waals surface area contributed by atoms with Crippen LogP contribution < -0.4 is 0 Å². The van der Waals surface area contributed by atoms with Gasteiger partial charge < -0.3 is 5.11 Å². The molecule has 1 N–H and O–H groups in total. The lowest BCUT2D eigenvalue weighted by atomic mass is 9.90. The molecule has 2 heteroatoms. The Balaban J connectivity index is 4.12. The van der Waals surface area contributed by atoms with Crippen LogP contribution in [0.1, 0.15) is 20.3 Å². The summed E-state index contributed by atoms with van der Waals surface area (Å²) in [5.74, 6) is -0.795. The molecule has 0 amide bonds. The molecule has 0 atom stereocenters. The van der Waals surface area contributed by atoms with Gasteiger partial charge in [0.15, 0.2) is 0 Å². The standard InChI is InChI=1S/C8H12O2/c1-4-5-8(2,3)6-7(9)10/h5H,1,6H2,2-3H3,(H,9,10). The van der Waals surface area contributed by atoms with Gasteiger partial charge in [-0.3, -0.25) is 4.79 Å². The number of carboxylic acids is 1. The second kappa shape index (κ2) is 3.23. The van der Waals surface area contributed by atoms with Crippen molar-refractivity contribution in [1.82, 2.24) is 0 Å². The van der Waals surface area contributed by atoms with Crippen molar-refractivity contribution >= 4 is 5.97 Å². The minimum Gasteiger partial charge on any atom is -0.481 e. The fraction of sp³-hybridized carbons (Fsp3) is 0.500.